The van der Waals surface area contributed by atoms with Crippen LogP contribution in [0.4, 0.5) is 0 Å². The van der Waals surface area contributed by atoms with Crippen LogP contribution in [0.1, 0.15) is 32.8 Å². The number of aromatic nitrogens is 1. The molecule has 0 aliphatic carbocycles. The van der Waals surface area contributed by atoms with Crippen molar-refractivity contribution in [3.8, 4) is 0 Å². The van der Waals surface area contributed by atoms with Gasteiger partial charge in [0.1, 0.15) is 0 Å². The Kier molecular flexibility index (Phi) is 2.84. The van der Waals surface area contributed by atoms with Gasteiger partial charge in [-0.2, -0.15) is 0 Å². The van der Waals surface area contributed by atoms with E-state index < -0.39 is 23.1 Å². The Morgan fingerprint density at radius 3 is 2.06 bits per heavy atom. The van der Waals surface area contributed by atoms with Gasteiger partial charge >= 0.3 is 11.9 Å². The maximum absolute atomic E-state index is 12.2. The normalized spacial score (nSPS) is 21.1. The second kappa shape index (κ2) is 4.08. The second-order valence-corrected chi connectivity index (χ2v) is 4.67. The summed E-state index contributed by atoms with van der Waals surface area (Å²) in [7, 11) is 0. The quantitative estimate of drug-likeness (QED) is 0.588. The molecule has 1 aliphatic heterocycles. The molecule has 0 saturated carbocycles. The van der Waals surface area contributed by atoms with Crippen LogP contribution < -0.4 is 0 Å². The van der Waals surface area contributed by atoms with E-state index in [-0.39, 0.29) is 6.42 Å². The summed E-state index contributed by atoms with van der Waals surface area (Å²) in [5.74, 6) is -2.35. The summed E-state index contributed by atoms with van der Waals surface area (Å²) in [5, 5.41) is 0. The van der Waals surface area contributed by atoms with E-state index in [0.717, 1.165) is 0 Å². The number of pyridine rings is 1. The fourth-order valence-corrected chi connectivity index (χ4v) is 2.09. The number of rotatable bonds is 2. The maximum atomic E-state index is 12.2. The Morgan fingerprint density at radius 1 is 1.11 bits per heavy atom. The zero-order valence-corrected chi connectivity index (χ0v) is 10.6. The summed E-state index contributed by atoms with van der Waals surface area (Å²) in [5.41, 5.74) is -0.830. The van der Waals surface area contributed by atoms with Crippen molar-refractivity contribution < 1.29 is 19.1 Å². The smallest absolute Gasteiger partial charge is 0.331 e. The second-order valence-electron chi connectivity index (χ2n) is 4.67. The first kappa shape index (κ1) is 12.5. The fraction of sp³-hybridized carbons (Fsp3) is 0.462. The van der Waals surface area contributed by atoms with Crippen LogP contribution in [0.25, 0.3) is 0 Å². The summed E-state index contributed by atoms with van der Waals surface area (Å²) in [4.78, 5) is 28.3. The Labute approximate surface area is 105 Å². The van der Waals surface area contributed by atoms with Crippen molar-refractivity contribution in [2.24, 2.45) is 0 Å². The monoisotopic (exact) mass is 249 g/mol. The zero-order chi connectivity index (χ0) is 13.4. The lowest BCUT2D eigenvalue weighted by atomic mass is 9.77. The Balaban J connectivity index is 2.51. The molecular weight excluding hydrogens is 234 g/mol. The predicted molar refractivity (Wildman–Crippen MR) is 62.5 cm³/mol. The average Bonchev–Trinajstić information content (AvgIpc) is 2.29. The number of carbonyl (C=O) groups excluding carboxylic acids is 2. The van der Waals surface area contributed by atoms with E-state index in [1.54, 1.807) is 19.1 Å². The van der Waals surface area contributed by atoms with Gasteiger partial charge in [0, 0.05) is 26.2 Å². The lowest BCUT2D eigenvalue weighted by Gasteiger charge is -2.39. The summed E-state index contributed by atoms with van der Waals surface area (Å²) >= 11 is 0. The van der Waals surface area contributed by atoms with Crippen LogP contribution in [0.2, 0.25) is 0 Å². The molecule has 18 heavy (non-hydrogen) atoms. The molecule has 0 amide bonds. The van der Waals surface area contributed by atoms with E-state index >= 15 is 0 Å². The van der Waals surface area contributed by atoms with E-state index in [0.29, 0.717) is 5.56 Å². The molecular formula is C13H15NO4. The third kappa shape index (κ3) is 1.75. The minimum Gasteiger partial charge on any atom is -0.422 e. The molecule has 0 radical (unpaired) electrons. The molecule has 5 nitrogen and oxygen atoms in total. The average molecular weight is 249 g/mol. The van der Waals surface area contributed by atoms with E-state index in [4.69, 9.17) is 9.47 Å². The van der Waals surface area contributed by atoms with Gasteiger partial charge in [-0.25, -0.2) is 0 Å². The van der Waals surface area contributed by atoms with E-state index in [1.165, 1.54) is 26.2 Å². The molecule has 0 aromatic carbocycles. The van der Waals surface area contributed by atoms with Crippen LogP contribution in [-0.2, 0) is 24.5 Å². The molecule has 0 atom stereocenters. The van der Waals surface area contributed by atoms with Crippen molar-refractivity contribution in [2.75, 3.05) is 0 Å². The largest absolute Gasteiger partial charge is 0.422 e. The first-order valence-electron chi connectivity index (χ1n) is 5.80. The molecule has 1 aromatic rings. The highest BCUT2D eigenvalue weighted by Gasteiger charge is 2.56. The summed E-state index contributed by atoms with van der Waals surface area (Å²) in [6, 6.07) is 3.26. The number of ether oxygens (including phenoxy) is 2. The van der Waals surface area contributed by atoms with Crippen LogP contribution in [0.15, 0.2) is 24.5 Å². The lowest BCUT2D eigenvalue weighted by Crippen LogP contribution is -2.56. The number of nitrogens with zero attached hydrogens (tertiary/aromatic N) is 1. The molecule has 0 bridgehead atoms. The minimum absolute atomic E-state index is 0.283. The maximum Gasteiger partial charge on any atom is 0.331 e. The standard InChI is InChI=1S/C13H15NO4/c1-4-13(9-5-7-14-8-6-9)10(15)17-12(2,3)18-11(13)16/h5-8H,4H2,1-3H3. The van der Waals surface area contributed by atoms with Crippen LogP contribution >= 0.6 is 0 Å². The number of hydrogen-bond acceptors (Lipinski definition) is 5. The van der Waals surface area contributed by atoms with Crippen LogP contribution in [-0.4, -0.2) is 22.7 Å². The van der Waals surface area contributed by atoms with Gasteiger partial charge < -0.3 is 9.47 Å². The van der Waals surface area contributed by atoms with Gasteiger partial charge in [0.05, 0.1) is 0 Å². The number of carbonyl (C=O) groups is 2. The summed E-state index contributed by atoms with van der Waals surface area (Å²) in [6.07, 6.45) is 3.35. The predicted octanol–water partition coefficient (Wildman–Crippen LogP) is 1.57. The van der Waals surface area contributed by atoms with E-state index in [9.17, 15) is 9.59 Å². The molecule has 1 saturated heterocycles. The highest BCUT2D eigenvalue weighted by Crippen LogP contribution is 2.37. The van der Waals surface area contributed by atoms with Gasteiger partial charge in [-0.1, -0.05) is 6.92 Å². The van der Waals surface area contributed by atoms with E-state index in [2.05, 4.69) is 4.98 Å². The Morgan fingerprint density at radius 2 is 1.61 bits per heavy atom. The highest BCUT2D eigenvalue weighted by atomic mass is 16.7. The third-order valence-electron chi connectivity index (χ3n) is 3.08. The van der Waals surface area contributed by atoms with Crippen molar-refractivity contribution in [1.82, 2.24) is 4.98 Å². The van der Waals surface area contributed by atoms with E-state index in [1.807, 2.05) is 0 Å². The number of cyclic esters (lactones) is 2. The van der Waals surface area contributed by atoms with Crippen molar-refractivity contribution in [3.05, 3.63) is 30.1 Å². The van der Waals surface area contributed by atoms with Crippen LogP contribution in [0.5, 0.6) is 0 Å². The zero-order valence-electron chi connectivity index (χ0n) is 10.6. The SMILES string of the molecule is CCC1(c2ccncc2)C(=O)OC(C)(C)OC1=O. The Hall–Kier alpha value is -1.91. The van der Waals surface area contributed by atoms with Gasteiger partial charge in [-0.15, -0.1) is 0 Å². The minimum atomic E-state index is -1.38. The molecule has 0 unspecified atom stereocenters. The highest BCUT2D eigenvalue weighted by molar-refractivity contribution is 6.07. The third-order valence-corrected chi connectivity index (χ3v) is 3.08. The van der Waals surface area contributed by atoms with Gasteiger partial charge in [-0.3, -0.25) is 14.6 Å². The van der Waals surface area contributed by atoms with Gasteiger partial charge in [-0.05, 0) is 24.1 Å². The van der Waals surface area contributed by atoms with Crippen molar-refractivity contribution in [1.29, 1.82) is 0 Å². The van der Waals surface area contributed by atoms with Gasteiger partial charge in [0.2, 0.25) is 0 Å². The molecule has 1 aromatic heterocycles. The molecule has 1 aliphatic rings. The number of hydrogen-bond donors (Lipinski definition) is 0. The first-order valence-corrected chi connectivity index (χ1v) is 5.80. The van der Waals surface area contributed by atoms with Crippen molar-refractivity contribution in [2.45, 2.75) is 38.4 Å². The first-order chi connectivity index (χ1) is 8.42. The van der Waals surface area contributed by atoms with Gasteiger partial charge in [0.15, 0.2) is 5.41 Å². The molecule has 1 fully saturated rings. The van der Waals surface area contributed by atoms with Crippen LogP contribution in [0, 0.1) is 0 Å². The van der Waals surface area contributed by atoms with Crippen molar-refractivity contribution >= 4 is 11.9 Å². The summed E-state index contributed by atoms with van der Waals surface area (Å²) < 4.78 is 10.4. The van der Waals surface area contributed by atoms with Gasteiger partial charge in [0.25, 0.3) is 5.79 Å². The van der Waals surface area contributed by atoms with Crippen molar-refractivity contribution in [3.63, 3.8) is 0 Å². The molecule has 0 spiro atoms. The van der Waals surface area contributed by atoms with Crippen LogP contribution in [0.3, 0.4) is 0 Å². The molecule has 0 N–H and O–H groups in total. The molecule has 2 heterocycles. The summed E-state index contributed by atoms with van der Waals surface area (Å²) in [6.45, 7) is 4.82. The topological polar surface area (TPSA) is 65.5 Å². The Bertz CT molecular complexity index is 461. The fourth-order valence-electron chi connectivity index (χ4n) is 2.09. The molecule has 2 rings (SSSR count). The molecule has 96 valence electrons. The lowest BCUT2D eigenvalue weighted by molar-refractivity contribution is -0.243. The molecule has 5 heteroatoms. The number of esters is 2.